The summed E-state index contributed by atoms with van der Waals surface area (Å²) in [5.41, 5.74) is 5.46. The van der Waals surface area contributed by atoms with E-state index in [9.17, 15) is 9.90 Å². The molecular formula is C23H24N4O2. The van der Waals surface area contributed by atoms with E-state index in [1.165, 1.54) is 0 Å². The van der Waals surface area contributed by atoms with Crippen molar-refractivity contribution in [3.8, 4) is 11.1 Å². The zero-order chi connectivity index (χ0) is 20.2. The van der Waals surface area contributed by atoms with Crippen LogP contribution in [0.5, 0.6) is 0 Å². The number of anilines is 1. The quantitative estimate of drug-likeness (QED) is 0.534. The summed E-state index contributed by atoms with van der Waals surface area (Å²) < 4.78 is 0. The third-order valence-electron chi connectivity index (χ3n) is 5.06. The molecule has 1 fully saturated rings. The van der Waals surface area contributed by atoms with E-state index in [-0.39, 0.29) is 18.2 Å². The van der Waals surface area contributed by atoms with Crippen LogP contribution in [-0.4, -0.2) is 34.6 Å². The van der Waals surface area contributed by atoms with Crippen LogP contribution < -0.4 is 10.2 Å². The van der Waals surface area contributed by atoms with Gasteiger partial charge >= 0.3 is 0 Å². The van der Waals surface area contributed by atoms with Crippen molar-refractivity contribution >= 4 is 11.6 Å². The van der Waals surface area contributed by atoms with E-state index in [1.807, 2.05) is 55.6 Å². The molecule has 0 radical (unpaired) electrons. The Balaban J connectivity index is 1.61. The van der Waals surface area contributed by atoms with Gasteiger partial charge in [0.15, 0.2) is 0 Å². The lowest BCUT2D eigenvalue weighted by molar-refractivity contribution is 0.0953. The Hall–Kier alpha value is -3.54. The molecule has 1 heterocycles. The Kier molecular flexibility index (Phi) is 5.33. The highest BCUT2D eigenvalue weighted by molar-refractivity contribution is 6.01. The zero-order valence-electron chi connectivity index (χ0n) is 16.4. The number of benzene rings is 2. The van der Waals surface area contributed by atoms with Crippen molar-refractivity contribution < 1.29 is 9.90 Å². The number of aliphatic hydroxyl groups is 1. The number of aromatic nitrogens is 2. The molecular weight excluding hydrogens is 364 g/mol. The Bertz CT molecular complexity index is 1020. The minimum atomic E-state index is -0.195. The number of aliphatic hydroxyl groups excluding tert-OH is 1. The van der Waals surface area contributed by atoms with Crippen molar-refractivity contribution in [2.24, 2.45) is 0 Å². The number of allylic oxidation sites excluding steroid dienone is 1. The van der Waals surface area contributed by atoms with Crippen molar-refractivity contribution in [1.82, 2.24) is 15.3 Å². The van der Waals surface area contributed by atoms with Gasteiger partial charge in [-0.25, -0.2) is 4.98 Å². The molecule has 29 heavy (non-hydrogen) atoms. The first-order valence-electron chi connectivity index (χ1n) is 9.68. The lowest BCUT2D eigenvalue weighted by Crippen LogP contribution is -2.26. The molecule has 0 unspecified atom stereocenters. The van der Waals surface area contributed by atoms with Crippen LogP contribution in [0.25, 0.3) is 11.1 Å². The summed E-state index contributed by atoms with van der Waals surface area (Å²) in [4.78, 5) is 22.1. The molecule has 1 aliphatic carbocycles. The molecule has 6 nitrogen and oxygen atoms in total. The van der Waals surface area contributed by atoms with E-state index in [0.717, 1.165) is 40.9 Å². The number of hydrogen-bond donors (Lipinski definition) is 3. The molecule has 0 bridgehead atoms. The van der Waals surface area contributed by atoms with Gasteiger partial charge in [-0.1, -0.05) is 30.3 Å². The number of imidazole rings is 1. The van der Waals surface area contributed by atoms with E-state index < -0.39 is 0 Å². The highest BCUT2D eigenvalue weighted by Gasteiger charge is 2.19. The second-order valence-electron chi connectivity index (χ2n) is 7.26. The van der Waals surface area contributed by atoms with Gasteiger partial charge in [0, 0.05) is 24.5 Å². The number of hydrogen-bond acceptors (Lipinski definition) is 4. The van der Waals surface area contributed by atoms with Gasteiger partial charge in [0.1, 0.15) is 5.76 Å². The van der Waals surface area contributed by atoms with Crippen LogP contribution in [0.4, 0.5) is 5.69 Å². The Morgan fingerprint density at radius 1 is 1.21 bits per heavy atom. The first-order chi connectivity index (χ1) is 14.1. The Morgan fingerprint density at radius 3 is 2.69 bits per heavy atom. The van der Waals surface area contributed by atoms with Crippen LogP contribution in [0.1, 0.15) is 28.9 Å². The van der Waals surface area contributed by atoms with Crippen LogP contribution in [0, 0.1) is 0 Å². The predicted molar refractivity (Wildman–Crippen MR) is 114 cm³/mol. The molecule has 1 amide bonds. The lowest BCUT2D eigenvalue weighted by Gasteiger charge is -2.21. The van der Waals surface area contributed by atoms with Crippen molar-refractivity contribution in [1.29, 1.82) is 0 Å². The molecule has 3 N–H and O–H groups in total. The Morgan fingerprint density at radius 2 is 2.00 bits per heavy atom. The molecule has 4 rings (SSSR count). The fraction of sp³-hybridized carbons (Fsp3) is 0.217. The monoisotopic (exact) mass is 388 g/mol. The van der Waals surface area contributed by atoms with E-state index in [4.69, 9.17) is 0 Å². The molecule has 6 heteroatoms. The second-order valence-corrected chi connectivity index (χ2v) is 7.26. The highest BCUT2D eigenvalue weighted by atomic mass is 16.3. The molecule has 3 aromatic rings. The van der Waals surface area contributed by atoms with Gasteiger partial charge < -0.3 is 20.3 Å². The number of carbonyl (C=O) groups excluding carboxylic acids is 1. The number of carbonyl (C=O) groups is 1. The average molecular weight is 388 g/mol. The summed E-state index contributed by atoms with van der Waals surface area (Å²) in [5, 5.41) is 12.8. The fourth-order valence-electron chi connectivity index (χ4n) is 3.28. The Labute approximate surface area is 169 Å². The second kappa shape index (κ2) is 8.22. The summed E-state index contributed by atoms with van der Waals surface area (Å²) in [5.74, 6) is 0.0925. The number of amides is 1. The molecule has 1 aliphatic rings. The molecule has 148 valence electrons. The fourth-order valence-corrected chi connectivity index (χ4v) is 3.28. The maximum Gasteiger partial charge on any atom is 0.252 e. The van der Waals surface area contributed by atoms with Crippen LogP contribution in [-0.2, 0) is 6.54 Å². The van der Waals surface area contributed by atoms with Crippen LogP contribution in [0.2, 0.25) is 0 Å². The first kappa shape index (κ1) is 18.8. The number of aromatic amines is 1. The van der Waals surface area contributed by atoms with Gasteiger partial charge in [0.05, 0.1) is 25.1 Å². The molecule has 1 aromatic heterocycles. The minimum Gasteiger partial charge on any atom is -0.510 e. The maximum atomic E-state index is 12.9. The standard InChI is InChI=1S/C23H24N4O2/c1-27(14-18-12-24-15-26-18)19-9-10-20(21(11-19)16-5-3-2-4-6-16)23(29)25-13-22(28)17-7-8-17/h2-6,9-12,15,28H,7-8,13-14H2,1H3,(H,24,26)(H,25,29). The molecule has 0 atom stereocenters. The summed E-state index contributed by atoms with van der Waals surface area (Å²) in [6.45, 7) is 0.852. The molecule has 1 saturated carbocycles. The summed E-state index contributed by atoms with van der Waals surface area (Å²) in [6, 6.07) is 15.7. The van der Waals surface area contributed by atoms with Crippen molar-refractivity contribution in [2.75, 3.05) is 18.5 Å². The summed E-state index contributed by atoms with van der Waals surface area (Å²) in [7, 11) is 2.00. The van der Waals surface area contributed by atoms with E-state index in [2.05, 4.69) is 20.2 Å². The summed E-state index contributed by atoms with van der Waals surface area (Å²) >= 11 is 0. The van der Waals surface area contributed by atoms with E-state index in [1.54, 1.807) is 12.5 Å². The number of nitrogens with zero attached hydrogens (tertiary/aromatic N) is 2. The van der Waals surface area contributed by atoms with Gasteiger partial charge in [-0.05, 0) is 47.7 Å². The third kappa shape index (κ3) is 4.48. The van der Waals surface area contributed by atoms with E-state index in [0.29, 0.717) is 12.1 Å². The van der Waals surface area contributed by atoms with Crippen molar-refractivity contribution in [3.05, 3.63) is 83.6 Å². The lowest BCUT2D eigenvalue weighted by atomic mass is 9.98. The van der Waals surface area contributed by atoms with E-state index >= 15 is 0 Å². The van der Waals surface area contributed by atoms with Gasteiger partial charge in [0.2, 0.25) is 0 Å². The van der Waals surface area contributed by atoms with Crippen LogP contribution in [0.3, 0.4) is 0 Å². The third-order valence-corrected chi connectivity index (χ3v) is 5.06. The van der Waals surface area contributed by atoms with Crippen molar-refractivity contribution in [2.45, 2.75) is 19.4 Å². The number of rotatable bonds is 7. The van der Waals surface area contributed by atoms with Gasteiger partial charge in [-0.3, -0.25) is 4.79 Å². The molecule has 2 aromatic carbocycles. The number of H-pyrrole nitrogens is 1. The average Bonchev–Trinajstić information content (AvgIpc) is 3.49. The number of nitrogens with one attached hydrogen (secondary N) is 2. The van der Waals surface area contributed by atoms with Gasteiger partial charge in [-0.15, -0.1) is 0 Å². The van der Waals surface area contributed by atoms with Gasteiger partial charge in [0.25, 0.3) is 5.91 Å². The van der Waals surface area contributed by atoms with Crippen LogP contribution in [0.15, 0.2) is 72.4 Å². The summed E-state index contributed by atoms with van der Waals surface area (Å²) in [6.07, 6.45) is 5.32. The van der Waals surface area contributed by atoms with Crippen molar-refractivity contribution in [3.63, 3.8) is 0 Å². The molecule has 0 aliphatic heterocycles. The topological polar surface area (TPSA) is 81.2 Å². The smallest absolute Gasteiger partial charge is 0.252 e. The molecule has 0 saturated heterocycles. The SMILES string of the molecule is CN(Cc1cnc[nH]1)c1ccc(C(=O)NCC(O)=C2CC2)c(-c2ccccc2)c1. The normalized spacial score (nSPS) is 12.5. The maximum absolute atomic E-state index is 12.9. The van der Waals surface area contributed by atoms with Crippen LogP contribution >= 0.6 is 0 Å². The largest absolute Gasteiger partial charge is 0.510 e. The van der Waals surface area contributed by atoms with Gasteiger partial charge in [-0.2, -0.15) is 0 Å². The highest BCUT2D eigenvalue weighted by Crippen LogP contribution is 2.31. The molecule has 0 spiro atoms. The zero-order valence-corrected chi connectivity index (χ0v) is 16.4. The minimum absolute atomic E-state index is 0.171. The predicted octanol–water partition coefficient (Wildman–Crippen LogP) is 4.05. The first-order valence-corrected chi connectivity index (χ1v) is 9.68.